The van der Waals surface area contributed by atoms with Crippen molar-refractivity contribution in [2.45, 2.75) is 13.3 Å². The predicted molar refractivity (Wildman–Crippen MR) is 71.1 cm³/mol. The predicted octanol–water partition coefficient (Wildman–Crippen LogP) is 2.66. The summed E-state index contributed by atoms with van der Waals surface area (Å²) in [4.78, 5) is 23.8. The number of aryl methyl sites for hydroxylation is 1. The fourth-order valence-corrected chi connectivity index (χ4v) is 1.80. The maximum absolute atomic E-state index is 12.0. The van der Waals surface area contributed by atoms with Gasteiger partial charge < -0.3 is 9.15 Å². The van der Waals surface area contributed by atoms with Crippen molar-refractivity contribution < 1.29 is 13.9 Å². The van der Waals surface area contributed by atoms with Gasteiger partial charge in [-0.3, -0.25) is 4.79 Å². The number of rotatable bonds is 3. The van der Waals surface area contributed by atoms with Gasteiger partial charge >= 0.3 is 5.97 Å². The van der Waals surface area contributed by atoms with Crippen LogP contribution in [0.15, 0.2) is 45.6 Å². The Balaban J connectivity index is 2.73. The zero-order valence-corrected chi connectivity index (χ0v) is 10.8. The van der Waals surface area contributed by atoms with E-state index < -0.39 is 5.97 Å². The van der Waals surface area contributed by atoms with Gasteiger partial charge in [0.15, 0.2) is 16.8 Å². The van der Waals surface area contributed by atoms with Crippen LogP contribution in [0.25, 0.3) is 11.3 Å². The Bertz CT molecular complexity index is 641. The van der Waals surface area contributed by atoms with Crippen molar-refractivity contribution in [3.8, 4) is 11.3 Å². The zero-order chi connectivity index (χ0) is 13.8. The van der Waals surface area contributed by atoms with Gasteiger partial charge in [0.25, 0.3) is 0 Å². The largest absolute Gasteiger partial charge is 0.465 e. The highest BCUT2D eigenvalue weighted by Crippen LogP contribution is 2.23. The molecule has 2 aromatic rings. The summed E-state index contributed by atoms with van der Waals surface area (Å²) >= 11 is 0. The van der Waals surface area contributed by atoms with Crippen molar-refractivity contribution in [3.63, 3.8) is 0 Å². The molecule has 19 heavy (non-hydrogen) atoms. The van der Waals surface area contributed by atoms with Gasteiger partial charge in [0.1, 0.15) is 5.76 Å². The second kappa shape index (κ2) is 5.52. The van der Waals surface area contributed by atoms with E-state index in [2.05, 4.69) is 4.74 Å². The summed E-state index contributed by atoms with van der Waals surface area (Å²) in [6.07, 6.45) is 0.580. The van der Waals surface area contributed by atoms with Crippen LogP contribution in [0, 0.1) is 0 Å². The molecule has 4 nitrogen and oxygen atoms in total. The highest BCUT2D eigenvalue weighted by atomic mass is 16.5. The molecular formula is C15H14O4. The third-order valence-electron chi connectivity index (χ3n) is 2.77. The summed E-state index contributed by atoms with van der Waals surface area (Å²) in [6.45, 7) is 1.88. The van der Waals surface area contributed by atoms with Crippen LogP contribution < -0.4 is 5.43 Å². The summed E-state index contributed by atoms with van der Waals surface area (Å²) in [5.74, 6) is 0.114. The van der Waals surface area contributed by atoms with Crippen LogP contribution in [-0.2, 0) is 11.2 Å². The molecule has 0 unspecified atom stereocenters. The lowest BCUT2D eigenvalue weighted by atomic mass is 10.1. The molecule has 4 heteroatoms. The lowest BCUT2D eigenvalue weighted by molar-refractivity contribution is 0.0597. The van der Waals surface area contributed by atoms with Gasteiger partial charge in [-0.15, -0.1) is 0 Å². The molecular weight excluding hydrogens is 244 g/mol. The Morgan fingerprint density at radius 1 is 1.26 bits per heavy atom. The van der Waals surface area contributed by atoms with Crippen molar-refractivity contribution in [1.82, 2.24) is 0 Å². The molecule has 0 aliphatic heterocycles. The van der Waals surface area contributed by atoms with E-state index in [1.807, 2.05) is 25.1 Å². The quantitative estimate of drug-likeness (QED) is 0.794. The summed E-state index contributed by atoms with van der Waals surface area (Å²) in [5, 5.41) is 0. The van der Waals surface area contributed by atoms with E-state index in [-0.39, 0.29) is 16.8 Å². The molecule has 1 aromatic heterocycles. The molecule has 0 aliphatic rings. The Kier molecular flexibility index (Phi) is 3.80. The van der Waals surface area contributed by atoms with E-state index in [4.69, 9.17) is 4.42 Å². The van der Waals surface area contributed by atoms with Gasteiger partial charge in [-0.05, 0) is 0 Å². The molecule has 0 aliphatic carbocycles. The molecule has 0 bridgehead atoms. The molecule has 0 spiro atoms. The molecule has 0 fully saturated rings. The number of hydrogen-bond acceptors (Lipinski definition) is 4. The molecule has 0 N–H and O–H groups in total. The average molecular weight is 258 g/mol. The maximum Gasteiger partial charge on any atom is 0.345 e. The number of benzene rings is 1. The van der Waals surface area contributed by atoms with Crippen molar-refractivity contribution in [3.05, 3.63) is 57.9 Å². The molecule has 0 amide bonds. The maximum atomic E-state index is 12.0. The van der Waals surface area contributed by atoms with Crippen LogP contribution in [-0.4, -0.2) is 13.1 Å². The first-order valence-corrected chi connectivity index (χ1v) is 5.98. The fraction of sp³-hybridized carbons (Fsp3) is 0.200. The number of esters is 1. The number of carbonyl (C=O) groups is 1. The van der Waals surface area contributed by atoms with Gasteiger partial charge in [0.2, 0.25) is 0 Å². The van der Waals surface area contributed by atoms with Gasteiger partial charge in [-0.1, -0.05) is 37.3 Å². The Morgan fingerprint density at radius 3 is 2.53 bits per heavy atom. The van der Waals surface area contributed by atoms with E-state index in [0.29, 0.717) is 17.7 Å². The lowest BCUT2D eigenvalue weighted by Crippen LogP contribution is -2.18. The average Bonchev–Trinajstić information content (AvgIpc) is 2.46. The lowest BCUT2D eigenvalue weighted by Gasteiger charge is -2.08. The Hall–Kier alpha value is -2.36. The minimum Gasteiger partial charge on any atom is -0.465 e. The number of carbonyl (C=O) groups excluding carboxylic acids is 1. The second-order valence-electron chi connectivity index (χ2n) is 3.99. The number of ether oxygens (including phenoxy) is 1. The summed E-state index contributed by atoms with van der Waals surface area (Å²) < 4.78 is 10.3. The molecule has 0 saturated heterocycles. The van der Waals surface area contributed by atoms with Crippen LogP contribution >= 0.6 is 0 Å². The molecule has 1 aromatic carbocycles. The van der Waals surface area contributed by atoms with Crippen LogP contribution in [0.1, 0.15) is 23.0 Å². The first-order chi connectivity index (χ1) is 9.17. The monoisotopic (exact) mass is 258 g/mol. The Labute approximate surface area is 110 Å². The van der Waals surface area contributed by atoms with Crippen LogP contribution in [0.5, 0.6) is 0 Å². The van der Waals surface area contributed by atoms with Crippen molar-refractivity contribution >= 4 is 5.97 Å². The first kappa shape index (κ1) is 13.1. The van der Waals surface area contributed by atoms with Gasteiger partial charge in [0, 0.05) is 18.1 Å². The van der Waals surface area contributed by atoms with E-state index >= 15 is 0 Å². The van der Waals surface area contributed by atoms with Crippen molar-refractivity contribution in [2.24, 2.45) is 0 Å². The van der Waals surface area contributed by atoms with Crippen LogP contribution in [0.3, 0.4) is 0 Å². The molecule has 0 radical (unpaired) electrons. The van der Waals surface area contributed by atoms with Gasteiger partial charge in [-0.25, -0.2) is 4.79 Å². The minimum atomic E-state index is -0.685. The number of methoxy groups -OCH3 is 1. The Morgan fingerprint density at radius 2 is 1.95 bits per heavy atom. The standard InChI is InChI=1S/C15H14O4/c1-3-11-9-12(16)13(15(17)18-2)14(19-11)10-7-5-4-6-8-10/h4-9H,3H2,1-2H3. The van der Waals surface area contributed by atoms with Crippen molar-refractivity contribution in [2.75, 3.05) is 7.11 Å². The third-order valence-corrected chi connectivity index (χ3v) is 2.77. The minimum absolute atomic E-state index is 0.0640. The molecule has 0 atom stereocenters. The highest BCUT2D eigenvalue weighted by Gasteiger charge is 2.20. The van der Waals surface area contributed by atoms with E-state index in [0.717, 1.165) is 0 Å². The smallest absolute Gasteiger partial charge is 0.345 e. The van der Waals surface area contributed by atoms with E-state index in [1.54, 1.807) is 12.1 Å². The van der Waals surface area contributed by atoms with E-state index in [1.165, 1.54) is 13.2 Å². The van der Waals surface area contributed by atoms with Crippen LogP contribution in [0.2, 0.25) is 0 Å². The van der Waals surface area contributed by atoms with Gasteiger partial charge in [0.05, 0.1) is 7.11 Å². The third kappa shape index (κ3) is 2.57. The van der Waals surface area contributed by atoms with Crippen molar-refractivity contribution in [1.29, 1.82) is 0 Å². The summed E-state index contributed by atoms with van der Waals surface area (Å²) in [5.41, 5.74) is 0.231. The fourth-order valence-electron chi connectivity index (χ4n) is 1.80. The van der Waals surface area contributed by atoms with Crippen LogP contribution in [0.4, 0.5) is 0 Å². The molecule has 98 valence electrons. The highest BCUT2D eigenvalue weighted by molar-refractivity contribution is 5.95. The number of hydrogen-bond donors (Lipinski definition) is 0. The topological polar surface area (TPSA) is 56.5 Å². The normalized spacial score (nSPS) is 10.2. The van der Waals surface area contributed by atoms with Gasteiger partial charge in [-0.2, -0.15) is 0 Å². The second-order valence-corrected chi connectivity index (χ2v) is 3.99. The molecule has 1 heterocycles. The summed E-state index contributed by atoms with van der Waals surface area (Å²) in [7, 11) is 1.24. The zero-order valence-electron chi connectivity index (χ0n) is 10.8. The molecule has 2 rings (SSSR count). The first-order valence-electron chi connectivity index (χ1n) is 5.98. The summed E-state index contributed by atoms with van der Waals surface area (Å²) in [6, 6.07) is 10.4. The SMILES string of the molecule is CCc1cc(=O)c(C(=O)OC)c(-c2ccccc2)o1. The van der Waals surface area contributed by atoms with E-state index in [9.17, 15) is 9.59 Å². The molecule has 0 saturated carbocycles.